The molecule has 6 nitrogen and oxygen atoms in total. The third-order valence-corrected chi connectivity index (χ3v) is 7.38. The third kappa shape index (κ3) is 3.62. The maximum atomic E-state index is 12.5. The van der Waals surface area contributed by atoms with Gasteiger partial charge in [0.2, 0.25) is 0 Å². The van der Waals surface area contributed by atoms with Crippen molar-refractivity contribution in [2.45, 2.75) is 50.1 Å². The molecule has 0 saturated heterocycles. The summed E-state index contributed by atoms with van der Waals surface area (Å²) < 4.78 is 2.22. The number of fused-ring (bicyclic) bond motifs is 1. The molecule has 148 valence electrons. The second kappa shape index (κ2) is 7.42. The van der Waals surface area contributed by atoms with E-state index in [9.17, 15) is 4.79 Å². The number of thioether (sulfide) groups is 1. The van der Waals surface area contributed by atoms with Crippen LogP contribution in [0.25, 0.3) is 10.2 Å². The van der Waals surface area contributed by atoms with E-state index in [0.29, 0.717) is 22.9 Å². The van der Waals surface area contributed by atoms with Crippen LogP contribution in [-0.2, 0) is 12.3 Å². The van der Waals surface area contributed by atoms with E-state index in [1.165, 1.54) is 18.4 Å². The van der Waals surface area contributed by atoms with Gasteiger partial charge in [-0.25, -0.2) is 4.98 Å². The number of rotatable bonds is 6. The molecule has 0 bridgehead atoms. The van der Waals surface area contributed by atoms with Crippen molar-refractivity contribution in [3.63, 3.8) is 0 Å². The molecule has 1 aliphatic carbocycles. The molecule has 3 heterocycles. The van der Waals surface area contributed by atoms with Crippen LogP contribution in [-0.4, -0.2) is 24.7 Å². The molecule has 1 aliphatic rings. The highest BCUT2D eigenvalue weighted by atomic mass is 32.2. The lowest BCUT2D eigenvalue weighted by atomic mass is 10.2. The van der Waals surface area contributed by atoms with Crippen molar-refractivity contribution in [1.82, 2.24) is 24.7 Å². The van der Waals surface area contributed by atoms with Crippen LogP contribution < -0.4 is 5.56 Å². The summed E-state index contributed by atoms with van der Waals surface area (Å²) in [4.78, 5) is 22.1. The first-order valence-electron chi connectivity index (χ1n) is 9.69. The molecular weight excluding hydrogens is 402 g/mol. The summed E-state index contributed by atoms with van der Waals surface area (Å²) in [5, 5.41) is 10.5. The van der Waals surface area contributed by atoms with Gasteiger partial charge in [-0.05, 0) is 37.8 Å². The predicted octanol–water partition coefficient (Wildman–Crippen LogP) is 4.41. The monoisotopic (exact) mass is 423 g/mol. The zero-order valence-corrected chi connectivity index (χ0v) is 17.9. The summed E-state index contributed by atoms with van der Waals surface area (Å²) >= 11 is 3.15. The van der Waals surface area contributed by atoms with Crippen LogP contribution in [0, 0.1) is 13.8 Å². The van der Waals surface area contributed by atoms with E-state index in [4.69, 9.17) is 0 Å². The Morgan fingerprint density at radius 1 is 1.21 bits per heavy atom. The lowest BCUT2D eigenvalue weighted by Crippen LogP contribution is -2.11. The van der Waals surface area contributed by atoms with Crippen molar-refractivity contribution in [3.8, 4) is 0 Å². The number of nitrogens with zero attached hydrogens (tertiary/aromatic N) is 4. The van der Waals surface area contributed by atoms with Gasteiger partial charge in [0, 0.05) is 10.8 Å². The second-order valence-electron chi connectivity index (χ2n) is 7.45. The van der Waals surface area contributed by atoms with Crippen LogP contribution in [0.5, 0.6) is 0 Å². The Kier molecular flexibility index (Phi) is 4.75. The molecule has 1 saturated carbocycles. The lowest BCUT2D eigenvalue weighted by molar-refractivity contribution is 0.667. The first-order valence-corrected chi connectivity index (χ1v) is 11.5. The van der Waals surface area contributed by atoms with Crippen LogP contribution in [0.15, 0.2) is 40.3 Å². The number of benzene rings is 1. The van der Waals surface area contributed by atoms with Crippen LogP contribution in [0.4, 0.5) is 0 Å². The van der Waals surface area contributed by atoms with Gasteiger partial charge in [0.15, 0.2) is 5.16 Å². The van der Waals surface area contributed by atoms with Crippen molar-refractivity contribution in [2.24, 2.45) is 0 Å². The quantitative estimate of drug-likeness (QED) is 0.465. The van der Waals surface area contributed by atoms with Gasteiger partial charge in [-0.1, -0.05) is 42.1 Å². The molecule has 4 aromatic rings. The van der Waals surface area contributed by atoms with E-state index in [-0.39, 0.29) is 5.56 Å². The van der Waals surface area contributed by atoms with Gasteiger partial charge in [0.25, 0.3) is 5.56 Å². The van der Waals surface area contributed by atoms with Crippen LogP contribution >= 0.6 is 23.1 Å². The fourth-order valence-corrected chi connectivity index (χ4v) is 5.33. The smallest absolute Gasteiger partial charge is 0.259 e. The molecule has 1 aromatic carbocycles. The van der Waals surface area contributed by atoms with Gasteiger partial charge in [-0.15, -0.1) is 21.5 Å². The molecule has 0 unspecified atom stereocenters. The molecule has 0 amide bonds. The average molecular weight is 424 g/mol. The molecule has 8 heteroatoms. The summed E-state index contributed by atoms with van der Waals surface area (Å²) in [7, 11) is 0. The Morgan fingerprint density at radius 2 is 2.00 bits per heavy atom. The van der Waals surface area contributed by atoms with Crippen LogP contribution in [0.3, 0.4) is 0 Å². The third-order valence-electron chi connectivity index (χ3n) is 5.30. The van der Waals surface area contributed by atoms with E-state index in [2.05, 4.69) is 49.0 Å². The number of nitrogens with one attached hydrogen (secondary N) is 1. The fourth-order valence-electron chi connectivity index (χ4n) is 3.47. The minimum atomic E-state index is -0.0585. The minimum absolute atomic E-state index is 0.0585. The van der Waals surface area contributed by atoms with Crippen LogP contribution in [0.2, 0.25) is 0 Å². The molecule has 0 aliphatic heterocycles. The first kappa shape index (κ1) is 18.6. The van der Waals surface area contributed by atoms with Crippen molar-refractivity contribution in [3.05, 3.63) is 68.3 Å². The Bertz CT molecular complexity index is 1240. The van der Waals surface area contributed by atoms with Gasteiger partial charge in [-0.2, -0.15) is 0 Å². The lowest BCUT2D eigenvalue weighted by Gasteiger charge is -2.10. The van der Waals surface area contributed by atoms with Gasteiger partial charge >= 0.3 is 0 Å². The number of H-pyrrole nitrogens is 1. The zero-order valence-electron chi connectivity index (χ0n) is 16.3. The van der Waals surface area contributed by atoms with Crippen LogP contribution in [0.1, 0.15) is 46.4 Å². The second-order valence-corrected chi connectivity index (χ2v) is 9.60. The van der Waals surface area contributed by atoms with E-state index >= 15 is 0 Å². The van der Waals surface area contributed by atoms with Crippen molar-refractivity contribution < 1.29 is 0 Å². The van der Waals surface area contributed by atoms with Gasteiger partial charge in [-0.3, -0.25) is 4.79 Å². The maximum absolute atomic E-state index is 12.5. The van der Waals surface area contributed by atoms with E-state index in [1.807, 2.05) is 19.9 Å². The first-order chi connectivity index (χ1) is 14.1. The molecule has 3 aromatic heterocycles. The highest BCUT2D eigenvalue weighted by Crippen LogP contribution is 2.40. The normalized spacial score (nSPS) is 14.0. The molecular formula is C21H21N5OS2. The molecule has 1 fully saturated rings. The topological polar surface area (TPSA) is 76.5 Å². The molecule has 29 heavy (non-hydrogen) atoms. The summed E-state index contributed by atoms with van der Waals surface area (Å²) in [6.45, 7) is 4.76. The molecule has 0 spiro atoms. The molecule has 0 atom stereocenters. The van der Waals surface area contributed by atoms with Crippen molar-refractivity contribution in [2.75, 3.05) is 0 Å². The highest BCUT2D eigenvalue weighted by molar-refractivity contribution is 7.98. The van der Waals surface area contributed by atoms with Gasteiger partial charge in [0.1, 0.15) is 16.5 Å². The fraction of sp³-hybridized carbons (Fsp3) is 0.333. The summed E-state index contributed by atoms with van der Waals surface area (Å²) in [5.41, 5.74) is 2.19. The number of aromatic nitrogens is 5. The van der Waals surface area contributed by atoms with E-state index < -0.39 is 0 Å². The molecule has 0 radical (unpaired) electrons. The Morgan fingerprint density at radius 3 is 2.76 bits per heavy atom. The molecule has 5 rings (SSSR count). The minimum Gasteiger partial charge on any atom is -0.309 e. The zero-order chi connectivity index (χ0) is 20.0. The predicted molar refractivity (Wildman–Crippen MR) is 117 cm³/mol. The molecule has 1 N–H and O–H groups in total. The average Bonchev–Trinajstić information content (AvgIpc) is 3.41. The van der Waals surface area contributed by atoms with Gasteiger partial charge in [0.05, 0.1) is 17.7 Å². The maximum Gasteiger partial charge on any atom is 0.259 e. The Labute approximate surface area is 176 Å². The largest absolute Gasteiger partial charge is 0.309 e. The highest BCUT2D eigenvalue weighted by Gasteiger charge is 2.30. The number of hydrogen-bond acceptors (Lipinski definition) is 6. The Balaban J connectivity index is 1.42. The van der Waals surface area contributed by atoms with Gasteiger partial charge < -0.3 is 9.55 Å². The van der Waals surface area contributed by atoms with Crippen molar-refractivity contribution in [1.29, 1.82) is 0 Å². The number of aryl methyl sites for hydroxylation is 2. The standard InChI is InChI=1S/C21H21N5OS2/c1-12-13(2)29-20-17(12)19(27)22-16(23-20)11-28-21-25-24-18(15-8-9-15)26(21)10-14-6-4-3-5-7-14/h3-7,15H,8-11H2,1-2H3,(H,22,23,27). The number of aromatic amines is 1. The Hall–Kier alpha value is -2.45. The summed E-state index contributed by atoms with van der Waals surface area (Å²) in [6.07, 6.45) is 2.36. The summed E-state index contributed by atoms with van der Waals surface area (Å²) in [6, 6.07) is 10.4. The van der Waals surface area contributed by atoms with E-state index in [0.717, 1.165) is 32.8 Å². The van der Waals surface area contributed by atoms with Crippen molar-refractivity contribution >= 4 is 33.3 Å². The number of thiophene rings is 1. The SMILES string of the molecule is Cc1sc2nc(CSc3nnc(C4CC4)n3Cc3ccccc3)[nH]c(=O)c2c1C. The van der Waals surface area contributed by atoms with E-state index in [1.54, 1.807) is 23.1 Å². The summed E-state index contributed by atoms with van der Waals surface area (Å²) in [5.74, 6) is 2.82. The number of hydrogen-bond donors (Lipinski definition) is 1.